The molecule has 1 amide bonds. The maximum Gasteiger partial charge on any atom is 0.323 e. The summed E-state index contributed by atoms with van der Waals surface area (Å²) in [7, 11) is 1.64. The SMILES string of the molecule is CCOC(=O)C1CCCCN1CC(=O)N1N=C(c2ccccc2OC)CC1c1ccccc1. The number of carbonyl (C=O) groups excluding carboxylic acids is 2. The third kappa shape index (κ3) is 5.09. The highest BCUT2D eigenvalue weighted by molar-refractivity contribution is 6.05. The van der Waals surface area contributed by atoms with Gasteiger partial charge >= 0.3 is 5.97 Å². The van der Waals surface area contributed by atoms with E-state index >= 15 is 0 Å². The minimum atomic E-state index is -0.377. The molecule has 2 aliphatic heterocycles. The van der Waals surface area contributed by atoms with E-state index in [9.17, 15) is 9.59 Å². The Morgan fingerprint density at radius 3 is 2.58 bits per heavy atom. The number of nitrogens with zero attached hydrogens (tertiary/aromatic N) is 3. The molecule has 0 N–H and O–H groups in total. The van der Waals surface area contributed by atoms with Crippen molar-refractivity contribution < 1.29 is 19.1 Å². The molecule has 2 heterocycles. The van der Waals surface area contributed by atoms with Crippen LogP contribution in [-0.2, 0) is 14.3 Å². The maximum absolute atomic E-state index is 13.5. The van der Waals surface area contributed by atoms with Gasteiger partial charge in [-0.3, -0.25) is 14.5 Å². The molecule has 2 aliphatic rings. The number of amides is 1. The Morgan fingerprint density at radius 2 is 1.82 bits per heavy atom. The van der Waals surface area contributed by atoms with E-state index in [0.717, 1.165) is 35.4 Å². The monoisotopic (exact) mass is 449 g/mol. The molecule has 1 saturated heterocycles. The molecule has 0 bridgehead atoms. The Hall–Kier alpha value is -3.19. The minimum Gasteiger partial charge on any atom is -0.496 e. The van der Waals surface area contributed by atoms with Crippen LogP contribution in [0.1, 0.15) is 49.8 Å². The highest BCUT2D eigenvalue weighted by Gasteiger charge is 2.37. The van der Waals surface area contributed by atoms with Crippen LogP contribution in [0.15, 0.2) is 59.7 Å². The van der Waals surface area contributed by atoms with Crippen LogP contribution < -0.4 is 4.74 Å². The van der Waals surface area contributed by atoms with E-state index in [0.29, 0.717) is 26.0 Å². The molecular weight excluding hydrogens is 418 g/mol. The topological polar surface area (TPSA) is 71.4 Å². The van der Waals surface area contributed by atoms with Crippen molar-refractivity contribution in [2.45, 2.75) is 44.7 Å². The van der Waals surface area contributed by atoms with Crippen LogP contribution >= 0.6 is 0 Å². The van der Waals surface area contributed by atoms with Gasteiger partial charge in [0.2, 0.25) is 0 Å². The lowest BCUT2D eigenvalue weighted by molar-refractivity contribution is -0.152. The molecular formula is C26H31N3O4. The van der Waals surface area contributed by atoms with Crippen LogP contribution in [0.25, 0.3) is 0 Å². The summed E-state index contributed by atoms with van der Waals surface area (Å²) in [6.07, 6.45) is 3.23. The molecule has 1 fully saturated rings. The molecule has 174 valence electrons. The van der Waals surface area contributed by atoms with Gasteiger partial charge in [0.05, 0.1) is 32.0 Å². The molecule has 0 radical (unpaired) electrons. The highest BCUT2D eigenvalue weighted by atomic mass is 16.5. The molecule has 2 aromatic carbocycles. The predicted octanol–water partition coefficient (Wildman–Crippen LogP) is 3.79. The maximum atomic E-state index is 13.5. The second-order valence-electron chi connectivity index (χ2n) is 8.35. The summed E-state index contributed by atoms with van der Waals surface area (Å²) >= 11 is 0. The number of piperidine rings is 1. The van der Waals surface area contributed by atoms with Crippen molar-refractivity contribution in [3.05, 3.63) is 65.7 Å². The molecule has 7 nitrogen and oxygen atoms in total. The summed E-state index contributed by atoms with van der Waals surface area (Å²) in [6, 6.07) is 17.1. The zero-order valence-corrected chi connectivity index (χ0v) is 19.3. The molecule has 2 aromatic rings. The Bertz CT molecular complexity index is 1010. The van der Waals surface area contributed by atoms with E-state index in [1.54, 1.807) is 19.0 Å². The normalized spacial score (nSPS) is 20.9. The fourth-order valence-electron chi connectivity index (χ4n) is 4.65. The second kappa shape index (κ2) is 10.6. The third-order valence-electron chi connectivity index (χ3n) is 6.28. The van der Waals surface area contributed by atoms with Crippen molar-refractivity contribution in [1.82, 2.24) is 9.91 Å². The Balaban J connectivity index is 1.60. The molecule has 2 atom stereocenters. The van der Waals surface area contributed by atoms with Crippen LogP contribution in [-0.4, -0.2) is 60.3 Å². The molecule has 0 aromatic heterocycles. The average Bonchev–Trinajstić information content (AvgIpc) is 3.30. The zero-order valence-electron chi connectivity index (χ0n) is 19.3. The number of benzene rings is 2. The zero-order chi connectivity index (χ0) is 23.2. The van der Waals surface area contributed by atoms with E-state index < -0.39 is 0 Å². The van der Waals surface area contributed by atoms with E-state index in [1.165, 1.54) is 0 Å². The van der Waals surface area contributed by atoms with E-state index in [-0.39, 0.29) is 30.5 Å². The number of ether oxygens (including phenoxy) is 2. The lowest BCUT2D eigenvalue weighted by Crippen LogP contribution is -2.49. The summed E-state index contributed by atoms with van der Waals surface area (Å²) in [5.74, 6) is 0.366. The van der Waals surface area contributed by atoms with Crippen molar-refractivity contribution in [2.24, 2.45) is 5.10 Å². The summed E-state index contributed by atoms with van der Waals surface area (Å²) in [5.41, 5.74) is 2.73. The molecule has 0 saturated carbocycles. The third-order valence-corrected chi connectivity index (χ3v) is 6.28. The lowest BCUT2D eigenvalue weighted by Gasteiger charge is -2.34. The molecule has 4 rings (SSSR count). The number of carbonyl (C=O) groups is 2. The highest BCUT2D eigenvalue weighted by Crippen LogP contribution is 2.35. The number of hydrogen-bond donors (Lipinski definition) is 0. The summed E-state index contributed by atoms with van der Waals surface area (Å²) in [4.78, 5) is 28.0. The lowest BCUT2D eigenvalue weighted by atomic mass is 9.98. The van der Waals surface area contributed by atoms with Crippen LogP contribution in [0.4, 0.5) is 0 Å². The molecule has 7 heteroatoms. The van der Waals surface area contributed by atoms with E-state index in [1.807, 2.05) is 59.5 Å². The minimum absolute atomic E-state index is 0.120. The first-order valence-electron chi connectivity index (χ1n) is 11.6. The number of para-hydroxylation sites is 1. The first kappa shape index (κ1) is 23.0. The second-order valence-corrected chi connectivity index (χ2v) is 8.35. The fraction of sp³-hybridized carbons (Fsp3) is 0.423. The van der Waals surface area contributed by atoms with Gasteiger partial charge in [-0.15, -0.1) is 0 Å². The van der Waals surface area contributed by atoms with Crippen LogP contribution in [0.2, 0.25) is 0 Å². The van der Waals surface area contributed by atoms with Crippen molar-refractivity contribution in [3.8, 4) is 5.75 Å². The predicted molar refractivity (Wildman–Crippen MR) is 126 cm³/mol. The van der Waals surface area contributed by atoms with Gasteiger partial charge in [-0.1, -0.05) is 48.9 Å². The number of hydrogen-bond acceptors (Lipinski definition) is 6. The Morgan fingerprint density at radius 1 is 1.06 bits per heavy atom. The molecule has 0 aliphatic carbocycles. The van der Waals surface area contributed by atoms with E-state index in [2.05, 4.69) is 0 Å². The molecule has 0 spiro atoms. The summed E-state index contributed by atoms with van der Waals surface area (Å²) < 4.78 is 10.8. The first-order chi connectivity index (χ1) is 16.1. The smallest absolute Gasteiger partial charge is 0.323 e. The van der Waals surface area contributed by atoms with Crippen molar-refractivity contribution in [1.29, 1.82) is 0 Å². The van der Waals surface area contributed by atoms with Gasteiger partial charge in [-0.05, 0) is 44.0 Å². The van der Waals surface area contributed by atoms with Gasteiger partial charge < -0.3 is 9.47 Å². The van der Waals surface area contributed by atoms with Gasteiger partial charge in [0, 0.05) is 12.0 Å². The Labute approximate surface area is 195 Å². The van der Waals surface area contributed by atoms with E-state index in [4.69, 9.17) is 14.6 Å². The van der Waals surface area contributed by atoms with Crippen molar-refractivity contribution in [3.63, 3.8) is 0 Å². The number of esters is 1. The van der Waals surface area contributed by atoms with Crippen molar-refractivity contribution in [2.75, 3.05) is 26.8 Å². The number of rotatable bonds is 7. The van der Waals surface area contributed by atoms with Gasteiger partial charge in [-0.2, -0.15) is 5.10 Å². The van der Waals surface area contributed by atoms with Gasteiger partial charge in [-0.25, -0.2) is 5.01 Å². The number of hydrazone groups is 1. The number of likely N-dealkylation sites (tertiary alicyclic amines) is 1. The fourth-order valence-corrected chi connectivity index (χ4v) is 4.65. The largest absolute Gasteiger partial charge is 0.496 e. The summed E-state index contributed by atoms with van der Waals surface area (Å²) in [5, 5.41) is 6.37. The number of methoxy groups -OCH3 is 1. The van der Waals surface area contributed by atoms with Crippen LogP contribution in [0.5, 0.6) is 5.75 Å². The van der Waals surface area contributed by atoms with Gasteiger partial charge in [0.25, 0.3) is 5.91 Å². The first-order valence-corrected chi connectivity index (χ1v) is 11.6. The Kier molecular flexibility index (Phi) is 7.40. The van der Waals surface area contributed by atoms with Crippen LogP contribution in [0, 0.1) is 0 Å². The quantitative estimate of drug-likeness (QED) is 0.602. The van der Waals surface area contributed by atoms with Gasteiger partial charge in [0.15, 0.2) is 0 Å². The van der Waals surface area contributed by atoms with Crippen LogP contribution in [0.3, 0.4) is 0 Å². The van der Waals surface area contributed by atoms with Crippen molar-refractivity contribution >= 4 is 17.6 Å². The molecule has 33 heavy (non-hydrogen) atoms. The standard InChI is InChI=1S/C26H31N3O4/c1-3-33-26(31)22-14-9-10-16-28(22)18-25(30)29-23(19-11-5-4-6-12-19)17-21(27-29)20-13-7-8-15-24(20)32-2/h4-8,11-13,15,22-23H,3,9-10,14,16-18H2,1-2H3. The average molecular weight is 450 g/mol. The molecule has 2 unspecified atom stereocenters. The van der Waals surface area contributed by atoms with Gasteiger partial charge in [0.1, 0.15) is 11.8 Å². The summed E-state index contributed by atoms with van der Waals surface area (Å²) in [6.45, 7) is 2.97.